The number of nitrogens with zero attached hydrogens (tertiary/aromatic N) is 3. The lowest BCUT2D eigenvalue weighted by atomic mass is 9.99. The number of anilines is 2. The van der Waals surface area contributed by atoms with Crippen molar-refractivity contribution in [2.75, 3.05) is 23.8 Å². The molecule has 1 fully saturated rings. The highest BCUT2D eigenvalue weighted by molar-refractivity contribution is 5.44. The summed E-state index contributed by atoms with van der Waals surface area (Å²) in [6.07, 6.45) is 4.78. The molecule has 1 aliphatic heterocycles. The summed E-state index contributed by atoms with van der Waals surface area (Å²) in [7, 11) is 0. The van der Waals surface area contributed by atoms with E-state index in [0.717, 1.165) is 32.0 Å². The predicted molar refractivity (Wildman–Crippen MR) is 63.1 cm³/mol. The smallest absolute Gasteiger partial charge is 0.222 e. The van der Waals surface area contributed by atoms with Crippen molar-refractivity contribution in [2.45, 2.75) is 31.7 Å². The van der Waals surface area contributed by atoms with Gasteiger partial charge >= 0.3 is 0 Å². The summed E-state index contributed by atoms with van der Waals surface area (Å²) in [6.45, 7) is 0.849. The van der Waals surface area contributed by atoms with E-state index in [1.165, 1.54) is 0 Å². The Bertz CT molecular complexity index is 386. The van der Waals surface area contributed by atoms with Crippen LogP contribution in [0.3, 0.4) is 0 Å². The summed E-state index contributed by atoms with van der Waals surface area (Å²) in [6, 6.07) is 0.137. The van der Waals surface area contributed by atoms with Crippen LogP contribution in [0.5, 0.6) is 0 Å². The van der Waals surface area contributed by atoms with Gasteiger partial charge in [0.2, 0.25) is 5.95 Å². The highest BCUT2D eigenvalue weighted by atomic mass is 19.1. The van der Waals surface area contributed by atoms with E-state index in [2.05, 4.69) is 9.97 Å². The molecule has 0 aromatic carbocycles. The second-order valence-electron chi connectivity index (χ2n) is 4.26. The van der Waals surface area contributed by atoms with Crippen LogP contribution < -0.4 is 10.6 Å². The molecule has 0 aliphatic carbocycles. The van der Waals surface area contributed by atoms with Crippen LogP contribution in [0.1, 0.15) is 25.7 Å². The van der Waals surface area contributed by atoms with Gasteiger partial charge in [-0.1, -0.05) is 0 Å². The van der Waals surface area contributed by atoms with Crippen LogP contribution in [0.4, 0.5) is 16.2 Å². The molecule has 94 valence electrons. The zero-order valence-electron chi connectivity index (χ0n) is 9.64. The molecule has 1 atom stereocenters. The maximum Gasteiger partial charge on any atom is 0.222 e. The molecule has 6 heteroatoms. The molecule has 2 rings (SSSR count). The summed E-state index contributed by atoms with van der Waals surface area (Å²) in [4.78, 5) is 9.48. The fourth-order valence-electron chi connectivity index (χ4n) is 2.30. The maximum atomic E-state index is 13.7. The van der Waals surface area contributed by atoms with E-state index in [-0.39, 0.29) is 24.4 Å². The molecule has 1 aromatic rings. The van der Waals surface area contributed by atoms with Gasteiger partial charge in [-0.15, -0.1) is 0 Å². The van der Waals surface area contributed by atoms with Crippen LogP contribution in [0.15, 0.2) is 6.20 Å². The molecule has 0 amide bonds. The van der Waals surface area contributed by atoms with Crippen molar-refractivity contribution in [3.05, 3.63) is 12.0 Å². The highest BCUT2D eigenvalue weighted by Crippen LogP contribution is 2.27. The van der Waals surface area contributed by atoms with E-state index >= 15 is 0 Å². The Hall–Kier alpha value is -1.43. The highest BCUT2D eigenvalue weighted by Gasteiger charge is 2.25. The number of hydrogen-bond donors (Lipinski definition) is 2. The van der Waals surface area contributed by atoms with Crippen molar-refractivity contribution in [2.24, 2.45) is 0 Å². The molecular weight excluding hydrogens is 223 g/mol. The minimum Gasteiger partial charge on any atom is -0.396 e. The lowest BCUT2D eigenvalue weighted by Gasteiger charge is -2.36. The molecule has 1 aliphatic rings. The minimum atomic E-state index is -0.455. The summed E-state index contributed by atoms with van der Waals surface area (Å²) >= 11 is 0. The van der Waals surface area contributed by atoms with Crippen LogP contribution in [-0.4, -0.2) is 34.3 Å². The Morgan fingerprint density at radius 3 is 3.12 bits per heavy atom. The van der Waals surface area contributed by atoms with Crippen LogP contribution >= 0.6 is 0 Å². The van der Waals surface area contributed by atoms with Gasteiger partial charge in [-0.2, -0.15) is 4.98 Å². The van der Waals surface area contributed by atoms with Gasteiger partial charge < -0.3 is 15.7 Å². The molecule has 5 nitrogen and oxygen atoms in total. The monoisotopic (exact) mass is 240 g/mol. The van der Waals surface area contributed by atoms with Crippen molar-refractivity contribution >= 4 is 11.8 Å². The lowest BCUT2D eigenvalue weighted by Crippen LogP contribution is -2.41. The number of rotatable bonds is 3. The molecule has 0 spiro atoms. The fraction of sp³-hybridized carbons (Fsp3) is 0.636. The molecule has 0 bridgehead atoms. The first kappa shape index (κ1) is 12.0. The van der Waals surface area contributed by atoms with Crippen LogP contribution in [0.2, 0.25) is 0 Å². The Labute approximate surface area is 99.5 Å². The molecule has 2 heterocycles. The molecule has 1 unspecified atom stereocenters. The number of hydrogen-bond acceptors (Lipinski definition) is 5. The van der Waals surface area contributed by atoms with Gasteiger partial charge in [-0.05, 0) is 25.7 Å². The molecule has 1 aromatic heterocycles. The largest absolute Gasteiger partial charge is 0.396 e. The van der Waals surface area contributed by atoms with Gasteiger partial charge in [0, 0.05) is 19.2 Å². The van der Waals surface area contributed by atoms with Crippen molar-refractivity contribution < 1.29 is 9.50 Å². The molecule has 3 N–H and O–H groups in total. The number of piperidine rings is 1. The maximum absolute atomic E-state index is 13.7. The third-order valence-corrected chi connectivity index (χ3v) is 3.11. The first-order chi connectivity index (χ1) is 8.22. The zero-order valence-corrected chi connectivity index (χ0v) is 9.64. The van der Waals surface area contributed by atoms with Gasteiger partial charge in [-0.25, -0.2) is 9.37 Å². The molecule has 17 heavy (non-hydrogen) atoms. The predicted octanol–water partition coefficient (Wildman–Crippen LogP) is 0.939. The topological polar surface area (TPSA) is 75.3 Å². The van der Waals surface area contributed by atoms with Crippen molar-refractivity contribution in [3.8, 4) is 0 Å². The number of aliphatic hydroxyl groups excluding tert-OH is 1. The number of aromatic nitrogens is 2. The number of aliphatic hydroxyl groups is 1. The average Bonchev–Trinajstić information content (AvgIpc) is 2.34. The minimum absolute atomic E-state index is 0.0784. The standard InChI is InChI=1S/C11H17FN4O/c12-9-7-14-11(13)15-10(9)16-5-2-1-3-8(16)4-6-17/h7-8,17H,1-6H2,(H2,13,14,15). The summed E-state index contributed by atoms with van der Waals surface area (Å²) in [5, 5.41) is 9.03. The van der Waals surface area contributed by atoms with E-state index in [1.54, 1.807) is 0 Å². The van der Waals surface area contributed by atoms with E-state index < -0.39 is 5.82 Å². The van der Waals surface area contributed by atoms with Crippen LogP contribution in [0.25, 0.3) is 0 Å². The molecule has 0 radical (unpaired) electrons. The van der Waals surface area contributed by atoms with Crippen molar-refractivity contribution in [1.29, 1.82) is 0 Å². The number of nitrogens with two attached hydrogens (primary N) is 1. The summed E-state index contributed by atoms with van der Waals surface area (Å²) < 4.78 is 13.7. The van der Waals surface area contributed by atoms with E-state index in [0.29, 0.717) is 6.42 Å². The average molecular weight is 240 g/mol. The number of halogens is 1. The lowest BCUT2D eigenvalue weighted by molar-refractivity contribution is 0.261. The van der Waals surface area contributed by atoms with Gasteiger partial charge in [0.1, 0.15) is 0 Å². The van der Waals surface area contributed by atoms with E-state index in [1.807, 2.05) is 4.90 Å². The molecule has 0 saturated carbocycles. The first-order valence-electron chi connectivity index (χ1n) is 5.88. The zero-order chi connectivity index (χ0) is 12.3. The fourth-order valence-corrected chi connectivity index (χ4v) is 2.30. The Balaban J connectivity index is 2.25. The molecule has 1 saturated heterocycles. The van der Waals surface area contributed by atoms with Crippen LogP contribution in [-0.2, 0) is 0 Å². The van der Waals surface area contributed by atoms with Crippen molar-refractivity contribution in [3.63, 3.8) is 0 Å². The van der Waals surface area contributed by atoms with Crippen LogP contribution in [0, 0.1) is 5.82 Å². The third kappa shape index (κ3) is 2.63. The summed E-state index contributed by atoms with van der Waals surface area (Å²) in [5.41, 5.74) is 5.49. The summed E-state index contributed by atoms with van der Waals surface area (Å²) in [5.74, 6) is -0.116. The number of nitrogen functional groups attached to an aromatic ring is 1. The van der Waals surface area contributed by atoms with E-state index in [4.69, 9.17) is 10.8 Å². The van der Waals surface area contributed by atoms with Gasteiger partial charge in [0.15, 0.2) is 11.6 Å². The first-order valence-corrected chi connectivity index (χ1v) is 5.88. The van der Waals surface area contributed by atoms with Gasteiger partial charge in [0.05, 0.1) is 6.20 Å². The Kier molecular flexibility index (Phi) is 3.73. The van der Waals surface area contributed by atoms with E-state index in [9.17, 15) is 4.39 Å². The van der Waals surface area contributed by atoms with Gasteiger partial charge in [0.25, 0.3) is 0 Å². The third-order valence-electron chi connectivity index (χ3n) is 3.11. The van der Waals surface area contributed by atoms with Gasteiger partial charge in [-0.3, -0.25) is 0 Å². The quantitative estimate of drug-likeness (QED) is 0.822. The second-order valence-corrected chi connectivity index (χ2v) is 4.26. The normalized spacial score (nSPS) is 20.6. The van der Waals surface area contributed by atoms with Crippen molar-refractivity contribution in [1.82, 2.24) is 9.97 Å². The Morgan fingerprint density at radius 2 is 2.35 bits per heavy atom. The Morgan fingerprint density at radius 1 is 1.53 bits per heavy atom. The SMILES string of the molecule is Nc1ncc(F)c(N2CCCCC2CCO)n1. The second kappa shape index (κ2) is 5.27. The molecular formula is C11H17FN4O.